The maximum absolute atomic E-state index is 12.9. The maximum atomic E-state index is 12.9. The predicted octanol–water partition coefficient (Wildman–Crippen LogP) is 6.28. The van der Waals surface area contributed by atoms with Crippen molar-refractivity contribution in [2.45, 2.75) is 43.4 Å². The van der Waals surface area contributed by atoms with E-state index in [0.717, 1.165) is 41.0 Å². The van der Waals surface area contributed by atoms with E-state index in [9.17, 15) is 9.59 Å². The fourth-order valence-corrected chi connectivity index (χ4v) is 5.05. The van der Waals surface area contributed by atoms with Crippen molar-refractivity contribution in [2.75, 3.05) is 10.6 Å². The Morgan fingerprint density at radius 2 is 1.64 bits per heavy atom. The van der Waals surface area contributed by atoms with Gasteiger partial charge in [-0.25, -0.2) is 0 Å². The molecule has 2 amide bonds. The summed E-state index contributed by atoms with van der Waals surface area (Å²) >= 11 is 1.50. The molecular formula is C27H27N3O2S. The largest absolute Gasteiger partial charge is 0.341 e. The Morgan fingerprint density at radius 1 is 0.939 bits per heavy atom. The van der Waals surface area contributed by atoms with Gasteiger partial charge in [-0.1, -0.05) is 18.2 Å². The molecule has 0 aliphatic heterocycles. The summed E-state index contributed by atoms with van der Waals surface area (Å²) in [7, 11) is 0. The molecule has 0 spiro atoms. The number of carbonyl (C=O) groups is 2. The predicted molar refractivity (Wildman–Crippen MR) is 137 cm³/mol. The Hall–Kier alpha value is -3.25. The molecule has 6 heteroatoms. The topological polar surface area (TPSA) is 63.1 Å². The van der Waals surface area contributed by atoms with Crippen molar-refractivity contribution in [3.8, 4) is 0 Å². The van der Waals surface area contributed by atoms with Crippen LogP contribution in [0.3, 0.4) is 0 Å². The Labute approximate surface area is 197 Å². The molecule has 168 valence electrons. The molecule has 1 aliphatic rings. The molecule has 2 N–H and O–H groups in total. The van der Waals surface area contributed by atoms with Gasteiger partial charge in [0.2, 0.25) is 11.8 Å². The van der Waals surface area contributed by atoms with E-state index >= 15 is 0 Å². The normalized spacial score (nSPS) is 14.4. The first-order valence-corrected chi connectivity index (χ1v) is 12.3. The van der Waals surface area contributed by atoms with Gasteiger partial charge in [0.1, 0.15) is 0 Å². The number of fused-ring (bicyclic) bond motifs is 3. The minimum atomic E-state index is -0.260. The molecule has 1 atom stereocenters. The Balaban J connectivity index is 1.27. The van der Waals surface area contributed by atoms with E-state index in [1.807, 2.05) is 43.3 Å². The fourth-order valence-electron chi connectivity index (χ4n) is 4.18. The molecular weight excluding hydrogens is 430 g/mol. The number of benzene rings is 3. The van der Waals surface area contributed by atoms with Gasteiger partial charge in [-0.05, 0) is 75.2 Å². The van der Waals surface area contributed by atoms with Crippen LogP contribution in [0.5, 0.6) is 0 Å². The van der Waals surface area contributed by atoms with Crippen LogP contribution in [0.2, 0.25) is 0 Å². The maximum Gasteiger partial charge on any atom is 0.237 e. The number of aryl methyl sites for hydroxylation is 1. The van der Waals surface area contributed by atoms with Gasteiger partial charge in [-0.15, -0.1) is 11.8 Å². The smallest absolute Gasteiger partial charge is 0.237 e. The highest BCUT2D eigenvalue weighted by atomic mass is 32.2. The average molecular weight is 458 g/mol. The van der Waals surface area contributed by atoms with Crippen LogP contribution in [0.15, 0.2) is 71.6 Å². The molecule has 0 radical (unpaired) electrons. The first-order valence-electron chi connectivity index (χ1n) is 11.4. The summed E-state index contributed by atoms with van der Waals surface area (Å²) in [6.45, 7) is 4.95. The summed E-state index contributed by atoms with van der Waals surface area (Å²) in [6.07, 6.45) is 1.97. The number of para-hydroxylation sites is 1. The van der Waals surface area contributed by atoms with Gasteiger partial charge >= 0.3 is 0 Å². The molecule has 1 fully saturated rings. The van der Waals surface area contributed by atoms with Gasteiger partial charge < -0.3 is 15.2 Å². The van der Waals surface area contributed by atoms with Crippen LogP contribution in [0, 0.1) is 5.92 Å². The highest BCUT2D eigenvalue weighted by Gasteiger charge is 2.29. The van der Waals surface area contributed by atoms with E-state index in [0.29, 0.717) is 0 Å². The fraction of sp³-hybridized carbons (Fsp3) is 0.259. The Kier molecular flexibility index (Phi) is 5.85. The van der Waals surface area contributed by atoms with Crippen molar-refractivity contribution in [2.24, 2.45) is 5.92 Å². The molecule has 1 aliphatic carbocycles. The number of anilines is 2. The van der Waals surface area contributed by atoms with Crippen LogP contribution in [-0.4, -0.2) is 21.6 Å². The van der Waals surface area contributed by atoms with E-state index in [-0.39, 0.29) is 23.0 Å². The minimum absolute atomic E-state index is 0.0373. The van der Waals surface area contributed by atoms with Crippen molar-refractivity contribution in [3.05, 3.63) is 66.7 Å². The summed E-state index contributed by atoms with van der Waals surface area (Å²) in [5.41, 5.74) is 3.98. The number of hydrogen-bond acceptors (Lipinski definition) is 3. The summed E-state index contributed by atoms with van der Waals surface area (Å²) < 4.78 is 2.30. The molecule has 5 nitrogen and oxygen atoms in total. The summed E-state index contributed by atoms with van der Waals surface area (Å²) in [5.74, 6) is 0.243. The van der Waals surface area contributed by atoms with E-state index in [2.05, 4.69) is 52.5 Å². The molecule has 1 unspecified atom stereocenters. The van der Waals surface area contributed by atoms with Crippen LogP contribution in [0.4, 0.5) is 11.4 Å². The zero-order valence-corrected chi connectivity index (χ0v) is 19.6. The summed E-state index contributed by atoms with van der Waals surface area (Å²) in [5, 5.41) is 8.10. The molecule has 1 aromatic heterocycles. The number of thioether (sulfide) groups is 1. The molecule has 33 heavy (non-hydrogen) atoms. The number of carbonyl (C=O) groups excluding carboxylic acids is 2. The highest BCUT2D eigenvalue weighted by Crippen LogP contribution is 2.32. The number of hydrogen-bond donors (Lipinski definition) is 2. The van der Waals surface area contributed by atoms with Crippen molar-refractivity contribution in [1.82, 2.24) is 4.57 Å². The van der Waals surface area contributed by atoms with E-state index in [4.69, 9.17) is 0 Å². The molecule has 1 heterocycles. The van der Waals surface area contributed by atoms with Crippen molar-refractivity contribution in [3.63, 3.8) is 0 Å². The van der Waals surface area contributed by atoms with Crippen LogP contribution in [0.25, 0.3) is 21.8 Å². The van der Waals surface area contributed by atoms with E-state index in [1.165, 1.54) is 28.2 Å². The zero-order chi connectivity index (χ0) is 22.9. The lowest BCUT2D eigenvalue weighted by atomic mass is 10.1. The average Bonchev–Trinajstić information content (AvgIpc) is 3.63. The van der Waals surface area contributed by atoms with Crippen LogP contribution in [-0.2, 0) is 16.1 Å². The van der Waals surface area contributed by atoms with Gasteiger partial charge in [0.05, 0.1) is 5.25 Å². The van der Waals surface area contributed by atoms with Crippen molar-refractivity contribution >= 4 is 56.8 Å². The molecule has 5 rings (SSSR count). The van der Waals surface area contributed by atoms with Gasteiger partial charge in [-0.3, -0.25) is 9.59 Å². The number of nitrogens with one attached hydrogen (secondary N) is 2. The minimum Gasteiger partial charge on any atom is -0.341 e. The Morgan fingerprint density at radius 3 is 2.36 bits per heavy atom. The van der Waals surface area contributed by atoms with E-state index < -0.39 is 0 Å². The number of aromatic nitrogens is 1. The van der Waals surface area contributed by atoms with Gasteiger partial charge in [0.15, 0.2) is 0 Å². The van der Waals surface area contributed by atoms with Gasteiger partial charge in [-0.2, -0.15) is 0 Å². The third-order valence-electron chi connectivity index (χ3n) is 6.11. The summed E-state index contributed by atoms with van der Waals surface area (Å²) in [6, 6.07) is 22.2. The second-order valence-electron chi connectivity index (χ2n) is 8.53. The monoisotopic (exact) mass is 457 g/mol. The Bertz CT molecular complexity index is 1340. The highest BCUT2D eigenvalue weighted by molar-refractivity contribution is 8.00. The number of amides is 2. The number of nitrogens with zero attached hydrogens (tertiary/aromatic N) is 1. The van der Waals surface area contributed by atoms with Crippen LogP contribution in [0.1, 0.15) is 26.7 Å². The van der Waals surface area contributed by atoms with Crippen LogP contribution >= 0.6 is 11.8 Å². The number of rotatable bonds is 7. The SMILES string of the molecule is CCn1c2ccccc2c2cc(NC(=O)C(C)Sc3ccc(NC(=O)C4CC4)cc3)ccc21. The third-order valence-corrected chi connectivity index (χ3v) is 7.22. The van der Waals surface area contributed by atoms with E-state index in [1.54, 1.807) is 0 Å². The van der Waals surface area contributed by atoms with Gasteiger partial charge in [0, 0.05) is 50.5 Å². The van der Waals surface area contributed by atoms with Crippen LogP contribution < -0.4 is 10.6 Å². The molecule has 0 bridgehead atoms. The third kappa shape index (κ3) is 4.48. The standard InChI is InChI=1S/C27H27N3O2S/c1-3-30-24-7-5-4-6-22(24)23-16-20(12-15-25(23)30)29-26(31)17(2)33-21-13-10-19(11-14-21)28-27(32)18-8-9-18/h4-7,10-18H,3,8-9H2,1-2H3,(H,28,32)(H,29,31). The second kappa shape index (κ2) is 8.94. The lowest BCUT2D eigenvalue weighted by Gasteiger charge is -2.13. The first-order chi connectivity index (χ1) is 16.0. The molecule has 3 aromatic carbocycles. The lowest BCUT2D eigenvalue weighted by Crippen LogP contribution is -2.22. The first kappa shape index (κ1) is 21.6. The molecule has 4 aromatic rings. The molecule has 1 saturated carbocycles. The zero-order valence-electron chi connectivity index (χ0n) is 18.8. The molecule has 0 saturated heterocycles. The lowest BCUT2D eigenvalue weighted by molar-refractivity contribution is -0.117. The van der Waals surface area contributed by atoms with Crippen molar-refractivity contribution in [1.29, 1.82) is 0 Å². The summed E-state index contributed by atoms with van der Waals surface area (Å²) in [4.78, 5) is 25.8. The van der Waals surface area contributed by atoms with Gasteiger partial charge in [0.25, 0.3) is 0 Å². The van der Waals surface area contributed by atoms with Crippen molar-refractivity contribution < 1.29 is 9.59 Å². The second-order valence-corrected chi connectivity index (χ2v) is 9.94. The quantitative estimate of drug-likeness (QED) is 0.321.